The maximum Gasteiger partial charge on any atom is 0.141 e. The summed E-state index contributed by atoms with van der Waals surface area (Å²) in [5.41, 5.74) is 3.90. The van der Waals surface area contributed by atoms with Gasteiger partial charge in [-0.15, -0.1) is 0 Å². The second-order valence-electron chi connectivity index (χ2n) is 5.94. The fourth-order valence-corrected chi connectivity index (χ4v) is 3.54. The maximum atomic E-state index is 5.06. The van der Waals surface area contributed by atoms with Crippen LogP contribution >= 0.6 is 0 Å². The van der Waals surface area contributed by atoms with E-state index >= 15 is 0 Å². The number of hydrogen-bond acceptors (Lipinski definition) is 3. The number of aliphatic imine (C=N–C) groups is 1. The van der Waals surface area contributed by atoms with Gasteiger partial charge in [-0.1, -0.05) is 49.8 Å². The Balaban J connectivity index is 1.74. The predicted octanol–water partition coefficient (Wildman–Crippen LogP) is 3.21. The number of rotatable bonds is 3. The Morgan fingerprint density at radius 2 is 2.14 bits per heavy atom. The lowest BCUT2D eigenvalue weighted by atomic mass is 9.98. The van der Waals surface area contributed by atoms with E-state index in [1.54, 1.807) is 0 Å². The molecule has 3 atom stereocenters. The topological polar surface area (TPSA) is 27.6 Å². The first-order valence-corrected chi connectivity index (χ1v) is 7.92. The smallest absolute Gasteiger partial charge is 0.141 e. The van der Waals surface area contributed by atoms with Crippen LogP contribution in [0, 0.1) is 0 Å². The Morgan fingerprint density at radius 3 is 3.05 bits per heavy atom. The minimum atomic E-state index is 0.205. The Hall–Kier alpha value is -1.87. The molecule has 0 saturated carbocycles. The molecule has 0 saturated heterocycles. The summed E-state index contributed by atoms with van der Waals surface area (Å²) in [6.45, 7) is 3.33. The highest BCUT2D eigenvalue weighted by molar-refractivity contribution is 6.02. The predicted molar refractivity (Wildman–Crippen MR) is 87.9 cm³/mol. The van der Waals surface area contributed by atoms with Crippen molar-refractivity contribution in [1.82, 2.24) is 5.32 Å². The van der Waals surface area contributed by atoms with Crippen LogP contribution in [0.15, 0.2) is 53.6 Å². The number of benzene rings is 1. The minimum absolute atomic E-state index is 0.205. The maximum absolute atomic E-state index is 5.06. The first kappa shape index (κ1) is 12.8. The standard InChI is InChI=1S/C18H21N3/c1-2-3-12-21-16-11-7-4-8-13(16)17-18(21)20-15-10-6-5-9-14(15)19-17/h4-11,14,17-19H,2-3,12H2,1H3. The third-order valence-corrected chi connectivity index (χ3v) is 4.59. The summed E-state index contributed by atoms with van der Waals surface area (Å²) in [4.78, 5) is 7.53. The van der Waals surface area contributed by atoms with E-state index < -0.39 is 0 Å². The van der Waals surface area contributed by atoms with Gasteiger partial charge >= 0.3 is 0 Å². The first-order valence-electron chi connectivity index (χ1n) is 7.92. The van der Waals surface area contributed by atoms with Gasteiger partial charge < -0.3 is 4.90 Å². The molecule has 0 aromatic heterocycles. The van der Waals surface area contributed by atoms with Gasteiger partial charge in [0.25, 0.3) is 0 Å². The summed E-state index contributed by atoms with van der Waals surface area (Å²) in [6, 6.07) is 9.32. The summed E-state index contributed by atoms with van der Waals surface area (Å²) in [5.74, 6) is 0. The number of fused-ring (bicyclic) bond motifs is 4. The number of para-hydroxylation sites is 1. The molecule has 1 N–H and O–H groups in total. The largest absolute Gasteiger partial charge is 0.348 e. The van der Waals surface area contributed by atoms with Gasteiger partial charge in [0.2, 0.25) is 0 Å². The molecular weight excluding hydrogens is 258 g/mol. The Labute approximate surface area is 126 Å². The van der Waals surface area contributed by atoms with Crippen LogP contribution in [0.5, 0.6) is 0 Å². The number of hydrogen-bond donors (Lipinski definition) is 1. The average molecular weight is 279 g/mol. The molecule has 108 valence electrons. The van der Waals surface area contributed by atoms with Gasteiger partial charge in [-0.2, -0.15) is 0 Å². The zero-order valence-electron chi connectivity index (χ0n) is 12.4. The van der Waals surface area contributed by atoms with Crippen molar-refractivity contribution < 1.29 is 0 Å². The quantitative estimate of drug-likeness (QED) is 0.920. The van der Waals surface area contributed by atoms with Crippen LogP contribution in [0.2, 0.25) is 0 Å². The minimum Gasteiger partial charge on any atom is -0.348 e. The highest BCUT2D eigenvalue weighted by Gasteiger charge is 2.41. The van der Waals surface area contributed by atoms with Crippen molar-refractivity contribution >= 4 is 11.4 Å². The van der Waals surface area contributed by atoms with E-state index in [4.69, 9.17) is 4.99 Å². The first-order chi connectivity index (χ1) is 10.4. The van der Waals surface area contributed by atoms with Crippen LogP contribution < -0.4 is 10.2 Å². The van der Waals surface area contributed by atoms with E-state index in [2.05, 4.69) is 65.7 Å². The molecule has 0 fully saturated rings. The molecule has 3 nitrogen and oxygen atoms in total. The summed E-state index contributed by atoms with van der Waals surface area (Å²) >= 11 is 0. The fourth-order valence-electron chi connectivity index (χ4n) is 3.54. The van der Waals surface area contributed by atoms with E-state index in [9.17, 15) is 0 Å². The molecule has 0 bridgehead atoms. The lowest BCUT2D eigenvalue weighted by Crippen LogP contribution is -2.49. The van der Waals surface area contributed by atoms with E-state index in [0.29, 0.717) is 6.04 Å². The van der Waals surface area contributed by atoms with Crippen LogP contribution in [0.4, 0.5) is 5.69 Å². The van der Waals surface area contributed by atoms with Crippen LogP contribution in [0.1, 0.15) is 31.4 Å². The molecule has 0 amide bonds. The van der Waals surface area contributed by atoms with Crippen molar-refractivity contribution in [1.29, 1.82) is 0 Å². The van der Waals surface area contributed by atoms with Crippen LogP contribution in [0.25, 0.3) is 0 Å². The molecule has 3 unspecified atom stereocenters. The third-order valence-electron chi connectivity index (χ3n) is 4.59. The van der Waals surface area contributed by atoms with E-state index in [1.165, 1.54) is 24.1 Å². The second-order valence-corrected chi connectivity index (χ2v) is 5.94. The third kappa shape index (κ3) is 2.04. The molecule has 1 aromatic carbocycles. The molecule has 1 aromatic rings. The van der Waals surface area contributed by atoms with Gasteiger partial charge in [-0.05, 0) is 24.1 Å². The van der Waals surface area contributed by atoms with E-state index in [1.807, 2.05) is 0 Å². The SMILES string of the molecule is CCCCN1c2ccccc2C2NC3C=CC=CC3=NC21. The number of anilines is 1. The number of allylic oxidation sites excluding steroid dienone is 2. The Morgan fingerprint density at radius 1 is 1.24 bits per heavy atom. The van der Waals surface area contributed by atoms with Crippen molar-refractivity contribution in [2.24, 2.45) is 4.99 Å². The molecule has 4 rings (SSSR count). The summed E-state index contributed by atoms with van der Waals surface area (Å²) in [7, 11) is 0. The lowest BCUT2D eigenvalue weighted by molar-refractivity contribution is 0.432. The number of unbranched alkanes of at least 4 members (excludes halogenated alkanes) is 1. The fraction of sp³-hybridized carbons (Fsp3) is 0.389. The summed E-state index contributed by atoms with van der Waals surface area (Å²) in [6.07, 6.45) is 11.1. The highest BCUT2D eigenvalue weighted by Crippen LogP contribution is 2.42. The van der Waals surface area contributed by atoms with E-state index in [0.717, 1.165) is 12.3 Å². The average Bonchev–Trinajstić information content (AvgIpc) is 2.84. The van der Waals surface area contributed by atoms with Crippen molar-refractivity contribution in [3.63, 3.8) is 0 Å². The van der Waals surface area contributed by atoms with Gasteiger partial charge in [-0.3, -0.25) is 10.3 Å². The van der Waals surface area contributed by atoms with Gasteiger partial charge in [-0.25, -0.2) is 0 Å². The summed E-state index contributed by atoms with van der Waals surface area (Å²) < 4.78 is 0. The molecule has 1 aliphatic carbocycles. The van der Waals surface area contributed by atoms with Gasteiger partial charge in [0.15, 0.2) is 0 Å². The van der Waals surface area contributed by atoms with Crippen LogP contribution in [-0.2, 0) is 0 Å². The van der Waals surface area contributed by atoms with Crippen molar-refractivity contribution in [2.75, 3.05) is 11.4 Å². The zero-order chi connectivity index (χ0) is 14.2. The van der Waals surface area contributed by atoms with Gasteiger partial charge in [0.05, 0.1) is 17.8 Å². The molecule has 2 aliphatic heterocycles. The molecular formula is C18H21N3. The Kier molecular flexibility index (Phi) is 3.15. The van der Waals surface area contributed by atoms with Gasteiger partial charge in [0.1, 0.15) is 6.17 Å². The second kappa shape index (κ2) is 5.15. The Bertz CT molecular complexity index is 629. The normalized spacial score (nSPS) is 28.9. The van der Waals surface area contributed by atoms with Crippen LogP contribution in [-0.4, -0.2) is 24.5 Å². The van der Waals surface area contributed by atoms with Gasteiger partial charge in [0, 0.05) is 12.2 Å². The molecule has 0 spiro atoms. The van der Waals surface area contributed by atoms with Crippen molar-refractivity contribution in [2.45, 2.75) is 38.0 Å². The van der Waals surface area contributed by atoms with Crippen molar-refractivity contribution in [3.05, 3.63) is 54.1 Å². The monoisotopic (exact) mass is 279 g/mol. The molecule has 3 heteroatoms. The lowest BCUT2D eigenvalue weighted by Gasteiger charge is -2.35. The number of nitrogens with zero attached hydrogens (tertiary/aromatic N) is 2. The zero-order valence-corrected chi connectivity index (χ0v) is 12.4. The van der Waals surface area contributed by atoms with Crippen LogP contribution in [0.3, 0.4) is 0 Å². The molecule has 0 radical (unpaired) electrons. The summed E-state index contributed by atoms with van der Waals surface area (Å²) in [5, 5.41) is 3.77. The molecule has 3 aliphatic rings. The highest BCUT2D eigenvalue weighted by atomic mass is 15.3. The van der Waals surface area contributed by atoms with Crippen molar-refractivity contribution in [3.8, 4) is 0 Å². The number of nitrogens with one attached hydrogen (secondary N) is 1. The molecule has 2 heterocycles. The molecule has 21 heavy (non-hydrogen) atoms. The van der Waals surface area contributed by atoms with E-state index in [-0.39, 0.29) is 12.2 Å².